The van der Waals surface area contributed by atoms with Gasteiger partial charge in [-0.1, -0.05) is 30.3 Å². The molecule has 4 N–H and O–H groups in total. The molecule has 0 saturated carbocycles. The summed E-state index contributed by atoms with van der Waals surface area (Å²) in [6.45, 7) is 0. The van der Waals surface area contributed by atoms with E-state index < -0.39 is 0 Å². The van der Waals surface area contributed by atoms with Gasteiger partial charge in [0.05, 0.1) is 0 Å². The number of allylic oxidation sites excluding steroid dienone is 1. The zero-order valence-electron chi connectivity index (χ0n) is 9.84. The van der Waals surface area contributed by atoms with Crippen LogP contribution >= 0.6 is 0 Å². The molecule has 2 aliphatic rings. The fourth-order valence-electron chi connectivity index (χ4n) is 1.90. The summed E-state index contributed by atoms with van der Waals surface area (Å²) < 4.78 is 0. The van der Waals surface area contributed by atoms with Crippen molar-refractivity contribution >= 4 is 11.7 Å². The maximum Gasteiger partial charge on any atom is 0.268 e. The van der Waals surface area contributed by atoms with E-state index in [0.29, 0.717) is 5.56 Å². The van der Waals surface area contributed by atoms with Gasteiger partial charge in [-0.25, -0.2) is 4.94 Å². The SMILES string of the molecule is O=C1NC2NONC2N/C1=C/C(=O)c1ccccc1. The first-order valence-electron chi connectivity index (χ1n) is 5.79. The molecule has 2 atom stereocenters. The van der Waals surface area contributed by atoms with Crippen LogP contribution in [-0.4, -0.2) is 24.0 Å². The van der Waals surface area contributed by atoms with E-state index in [1.54, 1.807) is 24.3 Å². The number of fused-ring (bicyclic) bond motifs is 1. The highest BCUT2D eigenvalue weighted by molar-refractivity contribution is 6.09. The first-order valence-corrected chi connectivity index (χ1v) is 5.79. The molecule has 0 radical (unpaired) electrons. The molecular formula is C12H12N4O3. The van der Waals surface area contributed by atoms with Crippen LogP contribution in [0, 0.1) is 0 Å². The highest BCUT2D eigenvalue weighted by Crippen LogP contribution is 2.08. The number of carbonyl (C=O) groups is 2. The van der Waals surface area contributed by atoms with Gasteiger partial charge in [-0.2, -0.15) is 11.0 Å². The van der Waals surface area contributed by atoms with Gasteiger partial charge >= 0.3 is 0 Å². The zero-order chi connectivity index (χ0) is 13.2. The Morgan fingerprint density at radius 2 is 1.79 bits per heavy atom. The minimum absolute atomic E-state index is 0.204. The van der Waals surface area contributed by atoms with Gasteiger partial charge in [-0.05, 0) is 0 Å². The van der Waals surface area contributed by atoms with Crippen molar-refractivity contribution < 1.29 is 14.5 Å². The molecule has 3 rings (SSSR count). The minimum atomic E-state index is -0.364. The Balaban J connectivity index is 1.79. The van der Waals surface area contributed by atoms with Crippen molar-refractivity contribution in [1.82, 2.24) is 21.6 Å². The van der Waals surface area contributed by atoms with Gasteiger partial charge in [-0.3, -0.25) is 9.59 Å². The molecule has 7 heteroatoms. The number of hydroxylamine groups is 2. The van der Waals surface area contributed by atoms with Crippen LogP contribution in [0.1, 0.15) is 10.4 Å². The Kier molecular flexibility index (Phi) is 3.00. The number of carbonyl (C=O) groups excluding carboxylic acids is 2. The third-order valence-electron chi connectivity index (χ3n) is 2.88. The average Bonchev–Trinajstić information content (AvgIpc) is 2.87. The van der Waals surface area contributed by atoms with Crippen molar-refractivity contribution in [3.05, 3.63) is 47.7 Å². The van der Waals surface area contributed by atoms with E-state index in [4.69, 9.17) is 4.94 Å². The molecule has 7 nitrogen and oxygen atoms in total. The van der Waals surface area contributed by atoms with Crippen LogP contribution < -0.4 is 21.6 Å². The monoisotopic (exact) mass is 260 g/mol. The quantitative estimate of drug-likeness (QED) is 0.409. The lowest BCUT2D eigenvalue weighted by atomic mass is 10.1. The molecule has 1 amide bonds. The van der Waals surface area contributed by atoms with Crippen molar-refractivity contribution in [3.8, 4) is 0 Å². The number of rotatable bonds is 2. The molecule has 2 unspecified atom stereocenters. The van der Waals surface area contributed by atoms with Crippen LogP contribution in [-0.2, 0) is 9.73 Å². The van der Waals surface area contributed by atoms with Crippen LogP contribution in [0.15, 0.2) is 42.1 Å². The molecule has 98 valence electrons. The van der Waals surface area contributed by atoms with Gasteiger partial charge in [0.25, 0.3) is 5.91 Å². The van der Waals surface area contributed by atoms with Crippen molar-refractivity contribution in [2.24, 2.45) is 0 Å². The molecule has 1 aromatic rings. The molecule has 2 saturated heterocycles. The Morgan fingerprint density at radius 1 is 1.11 bits per heavy atom. The Hall–Kier alpha value is -2.22. The normalized spacial score (nSPS) is 27.6. The van der Waals surface area contributed by atoms with Crippen LogP contribution in [0.4, 0.5) is 0 Å². The number of benzene rings is 1. The van der Waals surface area contributed by atoms with Crippen molar-refractivity contribution in [2.75, 3.05) is 0 Å². The van der Waals surface area contributed by atoms with Crippen molar-refractivity contribution in [2.45, 2.75) is 12.3 Å². The summed E-state index contributed by atoms with van der Waals surface area (Å²) in [7, 11) is 0. The first kappa shape index (κ1) is 11.8. The number of ketones is 1. The largest absolute Gasteiger partial charge is 0.361 e. The maximum atomic E-state index is 12.0. The maximum absolute atomic E-state index is 12.0. The summed E-state index contributed by atoms with van der Waals surface area (Å²) in [4.78, 5) is 28.6. The lowest BCUT2D eigenvalue weighted by Gasteiger charge is -2.27. The standard InChI is InChI=1S/C12H12N4O3/c17-9(7-4-2-1-3-5-7)6-8-12(18)14-11-10(13-8)15-19-16-11/h1-6,10-11,13,15-16H,(H,14,18)/b8-6+. The molecular weight excluding hydrogens is 248 g/mol. The highest BCUT2D eigenvalue weighted by Gasteiger charge is 2.36. The summed E-state index contributed by atoms with van der Waals surface area (Å²) in [5.41, 5.74) is 5.94. The minimum Gasteiger partial charge on any atom is -0.361 e. The number of hydrogen-bond donors (Lipinski definition) is 4. The second kappa shape index (κ2) is 4.81. The lowest BCUT2D eigenvalue weighted by molar-refractivity contribution is -0.120. The van der Waals surface area contributed by atoms with Gasteiger partial charge in [0.2, 0.25) is 0 Å². The molecule has 0 bridgehead atoms. The van der Waals surface area contributed by atoms with Gasteiger partial charge in [0.15, 0.2) is 5.78 Å². The van der Waals surface area contributed by atoms with Crippen molar-refractivity contribution in [1.29, 1.82) is 0 Å². The van der Waals surface area contributed by atoms with Gasteiger partial charge < -0.3 is 10.6 Å². The van der Waals surface area contributed by atoms with Gasteiger partial charge in [0.1, 0.15) is 18.0 Å². The molecule has 2 aliphatic heterocycles. The number of amides is 1. The Labute approximate surface area is 108 Å². The summed E-state index contributed by atoms with van der Waals surface area (Å²) in [6.07, 6.45) is 0.602. The Morgan fingerprint density at radius 3 is 2.53 bits per heavy atom. The van der Waals surface area contributed by atoms with Crippen molar-refractivity contribution in [3.63, 3.8) is 0 Å². The van der Waals surface area contributed by atoms with Crippen LogP contribution in [0.5, 0.6) is 0 Å². The van der Waals surface area contributed by atoms with E-state index in [-0.39, 0.29) is 29.7 Å². The molecule has 1 aromatic carbocycles. The third-order valence-corrected chi connectivity index (χ3v) is 2.88. The fraction of sp³-hybridized carbons (Fsp3) is 0.167. The third kappa shape index (κ3) is 2.34. The number of nitrogens with one attached hydrogen (secondary N) is 4. The average molecular weight is 260 g/mol. The second-order valence-corrected chi connectivity index (χ2v) is 4.20. The zero-order valence-corrected chi connectivity index (χ0v) is 9.84. The smallest absolute Gasteiger partial charge is 0.268 e. The molecule has 0 spiro atoms. The first-order chi connectivity index (χ1) is 9.24. The fourth-order valence-corrected chi connectivity index (χ4v) is 1.90. The summed E-state index contributed by atoms with van der Waals surface area (Å²) in [5, 5.41) is 5.56. The predicted octanol–water partition coefficient (Wildman–Crippen LogP) is -0.836. The predicted molar refractivity (Wildman–Crippen MR) is 65.1 cm³/mol. The van der Waals surface area contributed by atoms with Gasteiger partial charge in [-0.15, -0.1) is 0 Å². The summed E-state index contributed by atoms with van der Waals surface area (Å²) in [6, 6.07) is 8.76. The van der Waals surface area contributed by atoms with E-state index in [9.17, 15) is 9.59 Å². The lowest BCUT2D eigenvalue weighted by Crippen LogP contribution is -2.61. The number of piperazine rings is 1. The van der Waals surface area contributed by atoms with E-state index in [0.717, 1.165) is 0 Å². The molecule has 0 aliphatic carbocycles. The van der Waals surface area contributed by atoms with E-state index >= 15 is 0 Å². The summed E-state index contributed by atoms with van der Waals surface area (Å²) >= 11 is 0. The van der Waals surface area contributed by atoms with Gasteiger partial charge in [0, 0.05) is 11.6 Å². The van der Waals surface area contributed by atoms with Crippen LogP contribution in [0.3, 0.4) is 0 Å². The summed E-state index contributed by atoms with van der Waals surface area (Å²) in [5.74, 6) is -0.589. The van der Waals surface area contributed by atoms with E-state index in [1.807, 2.05) is 6.07 Å². The molecule has 19 heavy (non-hydrogen) atoms. The second-order valence-electron chi connectivity index (χ2n) is 4.20. The number of hydrogen-bond acceptors (Lipinski definition) is 6. The molecule has 0 aromatic heterocycles. The van der Waals surface area contributed by atoms with E-state index in [1.165, 1.54) is 6.08 Å². The van der Waals surface area contributed by atoms with Crippen LogP contribution in [0.2, 0.25) is 0 Å². The Bertz CT molecular complexity index is 543. The molecule has 2 fully saturated rings. The molecule has 2 heterocycles. The van der Waals surface area contributed by atoms with Crippen LogP contribution in [0.25, 0.3) is 0 Å². The topological polar surface area (TPSA) is 91.5 Å². The highest BCUT2D eigenvalue weighted by atomic mass is 16.8. The van der Waals surface area contributed by atoms with E-state index in [2.05, 4.69) is 21.6 Å².